The monoisotopic (exact) mass is 328 g/mol. The number of unbranched alkanes of at least 4 members (excludes halogenated alkanes) is 1. The van der Waals surface area contributed by atoms with Gasteiger partial charge in [-0.25, -0.2) is 0 Å². The third-order valence-corrected chi connectivity index (χ3v) is 4.20. The number of aromatic carboxylic acids is 1. The van der Waals surface area contributed by atoms with Crippen molar-refractivity contribution in [3.8, 4) is 23.3 Å². The molecule has 0 heterocycles. The quantitative estimate of drug-likeness (QED) is 0.546. The molecular weight excluding hydrogens is 312 g/mol. The summed E-state index contributed by atoms with van der Waals surface area (Å²) < 4.78 is 0. The summed E-state index contributed by atoms with van der Waals surface area (Å²) in [5, 5.41) is 21.1. The Balaban J connectivity index is 2.28. The summed E-state index contributed by atoms with van der Waals surface area (Å²) in [4.78, 5) is 15.8. The molecule has 0 N–H and O–H groups in total. The molecule has 2 aromatic carbocycles. The van der Waals surface area contributed by atoms with E-state index in [1.54, 1.807) is 6.07 Å². The Morgan fingerprint density at radius 2 is 1.84 bits per heavy atom. The molecule has 2 aromatic rings. The number of rotatable bonds is 3. The van der Waals surface area contributed by atoms with E-state index in [-0.39, 0.29) is 5.56 Å². The van der Waals surface area contributed by atoms with Crippen molar-refractivity contribution in [3.63, 3.8) is 0 Å². The Kier molecular flexibility index (Phi) is 4.64. The van der Waals surface area contributed by atoms with Crippen molar-refractivity contribution in [1.29, 1.82) is 5.26 Å². The molecule has 122 valence electrons. The Hall–Kier alpha value is -3.37. The van der Waals surface area contributed by atoms with Crippen LogP contribution in [0.4, 0.5) is 0 Å². The normalized spacial score (nSPS) is 13.1. The second kappa shape index (κ2) is 7.03. The number of benzene rings is 2. The maximum Gasteiger partial charge on any atom is 0.323 e. The van der Waals surface area contributed by atoms with Crippen LogP contribution in [0.3, 0.4) is 0 Å². The Bertz CT molecular complexity index is 985. The summed E-state index contributed by atoms with van der Waals surface area (Å²) in [7, 11) is 0. The van der Waals surface area contributed by atoms with Crippen LogP contribution in [-0.4, -0.2) is 12.5 Å². The standard InChI is InChI=1S/C21H16N2O2/c1-2-3-11-23-13-14(12-22)19-15-7-4-5-8-16(15)20-17(19)9-6-10-18(20)21(24)25/h4-10H,2-3,11H2,1H3. The molecule has 0 bridgehead atoms. The summed E-state index contributed by atoms with van der Waals surface area (Å²) in [6.07, 6.45) is 1.95. The number of allylic oxidation sites excluding steroid dienone is 1. The lowest BCUT2D eigenvalue weighted by Gasteiger charge is -2.09. The zero-order valence-corrected chi connectivity index (χ0v) is 13.9. The van der Waals surface area contributed by atoms with Gasteiger partial charge in [-0.15, -0.1) is 0 Å². The lowest BCUT2D eigenvalue weighted by Crippen LogP contribution is -2.23. The van der Waals surface area contributed by atoms with Crippen LogP contribution in [-0.2, 0) is 0 Å². The molecule has 0 spiro atoms. The van der Waals surface area contributed by atoms with E-state index in [1.807, 2.05) is 30.3 Å². The number of carbonyl (C=O) groups is 1. The zero-order valence-electron chi connectivity index (χ0n) is 13.9. The van der Waals surface area contributed by atoms with Gasteiger partial charge >= 0.3 is 6.07 Å². The molecule has 1 aliphatic rings. The van der Waals surface area contributed by atoms with Crippen molar-refractivity contribution in [2.45, 2.75) is 19.8 Å². The van der Waals surface area contributed by atoms with Crippen molar-refractivity contribution in [2.24, 2.45) is 0 Å². The second-order valence-corrected chi connectivity index (χ2v) is 5.77. The van der Waals surface area contributed by atoms with Crippen LogP contribution in [0.1, 0.15) is 41.3 Å². The third kappa shape index (κ3) is 2.91. The highest BCUT2D eigenvalue weighted by Crippen LogP contribution is 2.46. The molecule has 4 nitrogen and oxygen atoms in total. The number of hydrogen-bond donors (Lipinski definition) is 0. The van der Waals surface area contributed by atoms with Crippen molar-refractivity contribution in [3.05, 3.63) is 69.6 Å². The molecule has 1 aliphatic carbocycles. The molecule has 0 unspecified atom stereocenters. The van der Waals surface area contributed by atoms with Gasteiger partial charge in [-0.05, 0) is 28.7 Å². The number of nitrogens with zero attached hydrogens (tertiary/aromatic N) is 2. The highest BCUT2D eigenvalue weighted by Gasteiger charge is 2.29. The molecule has 0 amide bonds. The first kappa shape index (κ1) is 16.5. The van der Waals surface area contributed by atoms with Crippen molar-refractivity contribution < 1.29 is 9.90 Å². The predicted molar refractivity (Wildman–Crippen MR) is 94.9 cm³/mol. The summed E-state index contributed by atoms with van der Waals surface area (Å²) in [6.45, 7) is 2.69. The van der Waals surface area contributed by atoms with Gasteiger partial charge in [-0.1, -0.05) is 54.2 Å². The van der Waals surface area contributed by atoms with Crippen LogP contribution in [0.5, 0.6) is 0 Å². The van der Waals surface area contributed by atoms with Gasteiger partial charge in [-0.2, -0.15) is 5.26 Å². The highest BCUT2D eigenvalue weighted by molar-refractivity contribution is 6.09. The SMILES string of the molecule is CCCC[N+]#CC(C#N)=C1c2ccccc2-c2c(C(=O)[O-])cccc21. The lowest BCUT2D eigenvalue weighted by atomic mass is 9.97. The summed E-state index contributed by atoms with van der Waals surface area (Å²) in [6, 6.07) is 17.5. The summed E-state index contributed by atoms with van der Waals surface area (Å²) in [5.74, 6) is -1.23. The van der Waals surface area contributed by atoms with Gasteiger partial charge in [0.2, 0.25) is 0 Å². The van der Waals surface area contributed by atoms with Crippen LogP contribution >= 0.6 is 0 Å². The van der Waals surface area contributed by atoms with Gasteiger partial charge in [0, 0.05) is 17.6 Å². The topological polar surface area (TPSA) is 68.3 Å². The van der Waals surface area contributed by atoms with Crippen LogP contribution in [0.2, 0.25) is 0 Å². The molecule has 0 radical (unpaired) electrons. The molecule has 0 saturated carbocycles. The van der Waals surface area contributed by atoms with Crippen molar-refractivity contribution >= 4 is 11.5 Å². The van der Waals surface area contributed by atoms with E-state index in [2.05, 4.69) is 23.9 Å². The number of hydrogen-bond acceptors (Lipinski definition) is 3. The Morgan fingerprint density at radius 1 is 1.12 bits per heavy atom. The molecule has 25 heavy (non-hydrogen) atoms. The molecule has 0 saturated heterocycles. The first-order chi connectivity index (χ1) is 12.2. The number of fused-ring (bicyclic) bond motifs is 3. The van der Waals surface area contributed by atoms with Gasteiger partial charge in [0.05, 0.1) is 5.97 Å². The zero-order chi connectivity index (χ0) is 17.8. The molecule has 0 aromatic heterocycles. The fourth-order valence-corrected chi connectivity index (χ4v) is 3.06. The van der Waals surface area contributed by atoms with Crippen molar-refractivity contribution in [1.82, 2.24) is 0 Å². The van der Waals surface area contributed by atoms with Gasteiger partial charge in [-0.3, -0.25) is 0 Å². The molecular formula is C21H16N2O2. The fraction of sp³-hybridized carbons (Fsp3) is 0.190. The van der Waals surface area contributed by atoms with E-state index in [0.717, 1.165) is 24.0 Å². The smallest absolute Gasteiger partial charge is 0.323 e. The van der Waals surface area contributed by atoms with Crippen molar-refractivity contribution in [2.75, 3.05) is 6.54 Å². The lowest BCUT2D eigenvalue weighted by molar-refractivity contribution is -0.254. The first-order valence-electron chi connectivity index (χ1n) is 8.20. The van der Waals surface area contributed by atoms with E-state index >= 15 is 0 Å². The molecule has 0 fully saturated rings. The third-order valence-electron chi connectivity index (χ3n) is 4.20. The van der Waals surface area contributed by atoms with Crippen LogP contribution in [0.25, 0.3) is 21.5 Å². The number of carbonyl (C=O) groups excluding carboxylic acids is 1. The fourth-order valence-electron chi connectivity index (χ4n) is 3.06. The van der Waals surface area contributed by atoms with E-state index < -0.39 is 5.97 Å². The van der Waals surface area contributed by atoms with Gasteiger partial charge < -0.3 is 9.90 Å². The minimum atomic E-state index is -1.23. The first-order valence-corrected chi connectivity index (χ1v) is 8.20. The number of nitriles is 1. The number of carboxylic acids is 1. The van der Waals surface area contributed by atoms with Gasteiger partial charge in [0.1, 0.15) is 6.07 Å². The van der Waals surface area contributed by atoms with Crippen LogP contribution in [0.15, 0.2) is 48.0 Å². The number of carboxylic acid groups (broad SMARTS) is 1. The summed E-state index contributed by atoms with van der Waals surface area (Å²) in [5.41, 5.74) is 4.03. The average molecular weight is 328 g/mol. The Morgan fingerprint density at radius 3 is 2.52 bits per heavy atom. The van der Waals surface area contributed by atoms with E-state index in [4.69, 9.17) is 0 Å². The average Bonchev–Trinajstić information content (AvgIpc) is 2.96. The second-order valence-electron chi connectivity index (χ2n) is 5.77. The molecule has 0 atom stereocenters. The molecule has 0 aliphatic heterocycles. The molecule has 4 heteroatoms. The predicted octanol–water partition coefficient (Wildman–Crippen LogP) is 3.49. The van der Waals surface area contributed by atoms with E-state index in [1.165, 1.54) is 6.07 Å². The molecule has 3 rings (SSSR count). The highest BCUT2D eigenvalue weighted by atomic mass is 16.4. The largest absolute Gasteiger partial charge is 0.545 e. The minimum Gasteiger partial charge on any atom is -0.545 e. The van der Waals surface area contributed by atoms with Crippen LogP contribution in [0, 0.1) is 17.4 Å². The maximum atomic E-state index is 11.5. The van der Waals surface area contributed by atoms with E-state index in [9.17, 15) is 15.2 Å². The van der Waals surface area contributed by atoms with E-state index in [0.29, 0.717) is 28.8 Å². The van der Waals surface area contributed by atoms with Crippen LogP contribution < -0.4 is 5.11 Å². The van der Waals surface area contributed by atoms with Gasteiger partial charge in [0.25, 0.3) is 6.54 Å². The Labute approximate surface area is 146 Å². The minimum absolute atomic E-state index is 0.125. The maximum absolute atomic E-state index is 11.5. The summed E-state index contributed by atoms with van der Waals surface area (Å²) >= 11 is 0. The van der Waals surface area contributed by atoms with Gasteiger partial charge in [0.15, 0.2) is 5.57 Å².